The molecular formula is C25H32IN3O. The number of allylic oxidation sites excluding steroid dienone is 1. The quantitative estimate of drug-likeness (QED) is 0.278. The number of benzene rings is 1. The van der Waals surface area contributed by atoms with Crippen molar-refractivity contribution in [3.8, 4) is 0 Å². The van der Waals surface area contributed by atoms with Crippen LogP contribution in [-0.4, -0.2) is 22.1 Å². The fourth-order valence-electron chi connectivity index (χ4n) is 4.88. The lowest BCUT2D eigenvalue weighted by atomic mass is 9.84. The average Bonchev–Trinajstić information content (AvgIpc) is 3.11. The molecule has 1 heterocycles. The molecule has 2 N–H and O–H groups in total. The number of nitrogens with one attached hydrogen (secondary N) is 2. The van der Waals surface area contributed by atoms with Crippen molar-refractivity contribution in [2.75, 3.05) is 0 Å². The Kier molecular flexibility index (Phi) is 7.28. The van der Waals surface area contributed by atoms with Crippen molar-refractivity contribution in [3.05, 3.63) is 52.3 Å². The van der Waals surface area contributed by atoms with Crippen LogP contribution in [0.5, 0.6) is 0 Å². The standard InChI is InChI=1S/C25H32IN3O/c1-17(20-7-3-2-4-8-20)27-25(30)24-22-10-6-5-9-21(23(22)28-29-24)15-18-11-13-19(16-26)14-12-18/h11-15,17,20H,2-10,16H2,1H3,(H,27,30)(H,28,29)/b21-15+/t17-/m0/s1. The van der Waals surface area contributed by atoms with Crippen LogP contribution in [0.3, 0.4) is 0 Å². The van der Waals surface area contributed by atoms with E-state index in [1.165, 1.54) is 48.8 Å². The predicted octanol–water partition coefficient (Wildman–Crippen LogP) is 6.31. The molecule has 0 unspecified atom stereocenters. The van der Waals surface area contributed by atoms with Gasteiger partial charge < -0.3 is 5.32 Å². The zero-order chi connectivity index (χ0) is 20.9. The Hall–Kier alpha value is -1.63. The van der Waals surface area contributed by atoms with Crippen LogP contribution < -0.4 is 5.32 Å². The summed E-state index contributed by atoms with van der Waals surface area (Å²) >= 11 is 2.39. The third-order valence-corrected chi connectivity index (χ3v) is 7.60. The molecule has 1 aromatic carbocycles. The number of H-pyrrole nitrogens is 1. The average molecular weight is 517 g/mol. The lowest BCUT2D eigenvalue weighted by Gasteiger charge is -2.28. The second-order valence-corrected chi connectivity index (χ2v) is 9.60. The first kappa shape index (κ1) is 21.6. The smallest absolute Gasteiger partial charge is 0.272 e. The maximum atomic E-state index is 13.1. The second kappa shape index (κ2) is 10.1. The second-order valence-electron chi connectivity index (χ2n) is 8.84. The number of rotatable bonds is 5. The number of alkyl halides is 1. The molecule has 1 atom stereocenters. The molecule has 0 spiro atoms. The summed E-state index contributed by atoms with van der Waals surface area (Å²) in [6, 6.07) is 8.95. The van der Waals surface area contributed by atoms with Crippen molar-refractivity contribution in [1.29, 1.82) is 0 Å². The van der Waals surface area contributed by atoms with E-state index in [2.05, 4.69) is 75.4 Å². The van der Waals surface area contributed by atoms with Crippen LogP contribution in [0.2, 0.25) is 0 Å². The summed E-state index contributed by atoms with van der Waals surface area (Å²) in [7, 11) is 0. The summed E-state index contributed by atoms with van der Waals surface area (Å²) in [6.45, 7) is 2.16. The Labute approximate surface area is 193 Å². The Morgan fingerprint density at radius 2 is 1.90 bits per heavy atom. The van der Waals surface area contributed by atoms with Gasteiger partial charge in [-0.1, -0.05) is 66.1 Å². The number of carbonyl (C=O) groups excluding carboxylic acids is 1. The fourth-order valence-corrected chi connectivity index (χ4v) is 5.39. The normalized spacial score (nSPS) is 19.9. The summed E-state index contributed by atoms with van der Waals surface area (Å²) in [5, 5.41) is 10.9. The summed E-state index contributed by atoms with van der Waals surface area (Å²) < 4.78 is 1.02. The lowest BCUT2D eigenvalue weighted by Crippen LogP contribution is -2.39. The largest absolute Gasteiger partial charge is 0.348 e. The first-order valence-corrected chi connectivity index (χ1v) is 12.9. The fraction of sp³-hybridized carbons (Fsp3) is 0.520. The van der Waals surface area contributed by atoms with E-state index in [0.717, 1.165) is 41.4 Å². The van der Waals surface area contributed by atoms with Crippen LogP contribution >= 0.6 is 22.6 Å². The van der Waals surface area contributed by atoms with Gasteiger partial charge in [0, 0.05) is 16.0 Å². The molecule has 1 aromatic heterocycles. The van der Waals surface area contributed by atoms with Crippen LogP contribution in [0, 0.1) is 5.92 Å². The molecule has 0 bridgehead atoms. The van der Waals surface area contributed by atoms with E-state index in [4.69, 9.17) is 0 Å². The van der Waals surface area contributed by atoms with E-state index in [-0.39, 0.29) is 11.9 Å². The molecule has 2 aromatic rings. The van der Waals surface area contributed by atoms with E-state index < -0.39 is 0 Å². The van der Waals surface area contributed by atoms with Crippen LogP contribution in [0.25, 0.3) is 11.6 Å². The van der Waals surface area contributed by atoms with Crippen LogP contribution in [0.15, 0.2) is 24.3 Å². The van der Waals surface area contributed by atoms with E-state index in [1.54, 1.807) is 0 Å². The van der Waals surface area contributed by atoms with E-state index in [9.17, 15) is 4.79 Å². The summed E-state index contributed by atoms with van der Waals surface area (Å²) in [5.74, 6) is 0.583. The molecule has 0 saturated heterocycles. The van der Waals surface area contributed by atoms with E-state index in [0.29, 0.717) is 11.6 Å². The Balaban J connectivity index is 1.54. The van der Waals surface area contributed by atoms with Gasteiger partial charge in [0.2, 0.25) is 0 Å². The Morgan fingerprint density at radius 1 is 1.17 bits per heavy atom. The van der Waals surface area contributed by atoms with Gasteiger partial charge in [-0.05, 0) is 74.1 Å². The SMILES string of the molecule is C[C@H](NC(=O)c1n[nH]c2c1CCCC/C2=C\c1ccc(CI)cc1)C1CCCCC1. The zero-order valence-electron chi connectivity index (χ0n) is 17.8. The van der Waals surface area contributed by atoms with E-state index >= 15 is 0 Å². The van der Waals surface area contributed by atoms with Gasteiger partial charge in [0.15, 0.2) is 5.69 Å². The highest BCUT2D eigenvalue weighted by atomic mass is 127. The molecule has 30 heavy (non-hydrogen) atoms. The van der Waals surface area contributed by atoms with E-state index in [1.807, 2.05) is 0 Å². The van der Waals surface area contributed by atoms with Gasteiger partial charge in [-0.3, -0.25) is 9.89 Å². The molecule has 4 rings (SSSR count). The molecule has 1 saturated carbocycles. The minimum atomic E-state index is -0.0155. The highest BCUT2D eigenvalue weighted by Crippen LogP contribution is 2.32. The first-order chi connectivity index (χ1) is 14.7. The Morgan fingerprint density at radius 3 is 2.63 bits per heavy atom. The number of amides is 1. The molecule has 2 aliphatic rings. The van der Waals surface area contributed by atoms with Crippen molar-refractivity contribution in [1.82, 2.24) is 15.5 Å². The van der Waals surface area contributed by atoms with Gasteiger partial charge in [0.1, 0.15) is 0 Å². The molecule has 160 valence electrons. The number of halogens is 1. The van der Waals surface area contributed by atoms with Gasteiger partial charge >= 0.3 is 0 Å². The number of aromatic amines is 1. The highest BCUT2D eigenvalue weighted by Gasteiger charge is 2.26. The van der Waals surface area contributed by atoms with Crippen molar-refractivity contribution in [2.45, 2.75) is 75.2 Å². The van der Waals surface area contributed by atoms with Gasteiger partial charge in [-0.15, -0.1) is 0 Å². The lowest BCUT2D eigenvalue weighted by molar-refractivity contribution is 0.0913. The number of aromatic nitrogens is 2. The van der Waals surface area contributed by atoms with Crippen molar-refractivity contribution < 1.29 is 4.79 Å². The number of fused-ring (bicyclic) bond motifs is 1. The van der Waals surface area contributed by atoms with Crippen molar-refractivity contribution in [3.63, 3.8) is 0 Å². The maximum absolute atomic E-state index is 13.1. The van der Waals surface area contributed by atoms with Gasteiger partial charge in [0.25, 0.3) is 5.91 Å². The molecule has 1 amide bonds. The third-order valence-electron chi connectivity index (χ3n) is 6.72. The first-order valence-electron chi connectivity index (χ1n) is 11.4. The summed E-state index contributed by atoms with van der Waals surface area (Å²) in [5.41, 5.74) is 6.55. The minimum Gasteiger partial charge on any atom is -0.348 e. The number of nitrogens with zero attached hydrogens (tertiary/aromatic N) is 1. The third kappa shape index (κ3) is 4.98. The number of carbonyl (C=O) groups is 1. The van der Waals surface area contributed by atoms with Crippen LogP contribution in [0.1, 0.15) is 91.2 Å². The zero-order valence-corrected chi connectivity index (χ0v) is 20.0. The number of hydrogen-bond acceptors (Lipinski definition) is 2. The van der Waals surface area contributed by atoms with Crippen molar-refractivity contribution in [2.24, 2.45) is 5.92 Å². The summed E-state index contributed by atoms with van der Waals surface area (Å²) in [6.07, 6.45) is 12.8. The summed E-state index contributed by atoms with van der Waals surface area (Å²) in [4.78, 5) is 13.1. The van der Waals surface area contributed by atoms with Crippen LogP contribution in [0.4, 0.5) is 0 Å². The molecule has 0 radical (unpaired) electrons. The molecule has 4 nitrogen and oxygen atoms in total. The molecule has 5 heteroatoms. The van der Waals surface area contributed by atoms with Crippen molar-refractivity contribution >= 4 is 40.1 Å². The van der Waals surface area contributed by atoms with Gasteiger partial charge in [-0.2, -0.15) is 5.10 Å². The molecule has 2 aliphatic carbocycles. The monoisotopic (exact) mass is 517 g/mol. The Bertz CT molecular complexity index is 894. The molecular weight excluding hydrogens is 485 g/mol. The molecule has 0 aliphatic heterocycles. The predicted molar refractivity (Wildman–Crippen MR) is 132 cm³/mol. The topological polar surface area (TPSA) is 57.8 Å². The van der Waals surface area contributed by atoms with Gasteiger partial charge in [0.05, 0.1) is 5.69 Å². The highest BCUT2D eigenvalue weighted by molar-refractivity contribution is 14.1. The molecule has 1 fully saturated rings. The minimum absolute atomic E-state index is 0.0155. The number of hydrogen-bond donors (Lipinski definition) is 2. The van der Waals surface area contributed by atoms with Gasteiger partial charge in [-0.25, -0.2) is 0 Å². The van der Waals surface area contributed by atoms with Crippen LogP contribution in [-0.2, 0) is 10.8 Å². The maximum Gasteiger partial charge on any atom is 0.272 e.